The van der Waals surface area contributed by atoms with E-state index >= 15 is 0 Å². The maximum absolute atomic E-state index is 11.0. The molecule has 0 radical (unpaired) electrons. The molecule has 0 amide bonds. The molecule has 3 rings (SSSR count). The van der Waals surface area contributed by atoms with Crippen LogP contribution in [-0.4, -0.2) is 31.2 Å². The summed E-state index contributed by atoms with van der Waals surface area (Å²) >= 11 is 0. The van der Waals surface area contributed by atoms with E-state index in [1.54, 1.807) is 6.07 Å². The molecule has 0 unspecified atom stereocenters. The van der Waals surface area contributed by atoms with E-state index < -0.39 is 4.92 Å². The van der Waals surface area contributed by atoms with E-state index in [-0.39, 0.29) is 22.8 Å². The van der Waals surface area contributed by atoms with Gasteiger partial charge in [-0.2, -0.15) is 5.11 Å². The van der Waals surface area contributed by atoms with Crippen LogP contribution in [0.15, 0.2) is 58.8 Å². The number of rotatable bonds is 4. The van der Waals surface area contributed by atoms with E-state index in [2.05, 4.69) is 10.2 Å². The average Bonchev–Trinajstić information content (AvgIpc) is 2.60. The predicted octanol–water partition coefficient (Wildman–Crippen LogP) is 4.65. The Bertz CT molecular complexity index is 1070. The van der Waals surface area contributed by atoms with Gasteiger partial charge in [0.25, 0.3) is 5.69 Å². The molecule has 3 N–H and O–H groups in total. The summed E-state index contributed by atoms with van der Waals surface area (Å²) < 4.78 is 0.524. The predicted molar refractivity (Wildman–Crippen MR) is 107 cm³/mol. The second-order valence-corrected chi connectivity index (χ2v) is 7.02. The van der Waals surface area contributed by atoms with Crippen LogP contribution in [0.5, 0.6) is 5.75 Å². The fourth-order valence-electron chi connectivity index (χ4n) is 2.85. The minimum Gasteiger partial charge on any atom is -0.506 e. The van der Waals surface area contributed by atoms with Crippen LogP contribution in [0.1, 0.15) is 0 Å². The van der Waals surface area contributed by atoms with Crippen molar-refractivity contribution in [2.75, 3.05) is 26.9 Å². The zero-order valence-corrected chi connectivity index (χ0v) is 15.2. The number of nitrogens with zero attached hydrogens (tertiary/aromatic N) is 4. The number of benzene rings is 3. The Morgan fingerprint density at radius 3 is 2.48 bits per heavy atom. The Morgan fingerprint density at radius 1 is 1.07 bits per heavy atom. The molecule has 27 heavy (non-hydrogen) atoms. The molecule has 0 aliphatic rings. The molecule has 0 aromatic heterocycles. The lowest BCUT2D eigenvalue weighted by atomic mass is 10.0. The van der Waals surface area contributed by atoms with E-state index in [1.807, 2.05) is 45.4 Å². The van der Waals surface area contributed by atoms with Gasteiger partial charge in [0.05, 0.1) is 37.1 Å². The van der Waals surface area contributed by atoms with Gasteiger partial charge in [-0.15, -0.1) is 5.11 Å². The Balaban J connectivity index is 2.18. The number of azo groups is 1. The van der Waals surface area contributed by atoms with Crippen molar-refractivity contribution in [2.24, 2.45) is 10.2 Å². The van der Waals surface area contributed by atoms with Crippen LogP contribution in [0, 0.1) is 10.1 Å². The highest BCUT2D eigenvalue weighted by atomic mass is 16.6. The molecular weight excluding hydrogens is 346 g/mol. The Labute approximate surface area is 155 Å². The molecule has 0 spiro atoms. The molecule has 0 aliphatic carbocycles. The lowest BCUT2D eigenvalue weighted by Crippen LogP contribution is -2.34. The number of hydrogen-bond acceptors (Lipinski definition) is 6. The maximum Gasteiger partial charge on any atom is 0.294 e. The number of quaternary nitrogens is 1. The first kappa shape index (κ1) is 18.3. The van der Waals surface area contributed by atoms with Crippen molar-refractivity contribution >= 4 is 39.2 Å². The van der Waals surface area contributed by atoms with Crippen molar-refractivity contribution in [1.29, 1.82) is 0 Å². The summed E-state index contributed by atoms with van der Waals surface area (Å²) in [5.41, 5.74) is 6.97. The number of hydrogen-bond donors (Lipinski definition) is 2. The first-order valence-electron chi connectivity index (χ1n) is 8.21. The lowest BCUT2D eigenvalue weighted by molar-refractivity contribution is -0.383. The fourth-order valence-corrected chi connectivity index (χ4v) is 2.85. The first-order valence-corrected chi connectivity index (χ1v) is 8.21. The quantitative estimate of drug-likeness (QED) is 0.230. The fraction of sp³-hybridized carbons (Fsp3) is 0.158. The maximum atomic E-state index is 11.0. The molecular formula is C19H20N5O3+. The van der Waals surface area contributed by atoms with Crippen molar-refractivity contribution in [1.82, 2.24) is 4.48 Å². The summed E-state index contributed by atoms with van der Waals surface area (Å²) in [6, 6.07) is 13.4. The second-order valence-electron chi connectivity index (χ2n) is 7.02. The molecule has 0 atom stereocenters. The van der Waals surface area contributed by atoms with Crippen molar-refractivity contribution in [3.63, 3.8) is 0 Å². The third-order valence-corrected chi connectivity index (χ3v) is 4.17. The number of phenols is 1. The molecule has 0 heterocycles. The van der Waals surface area contributed by atoms with Crippen molar-refractivity contribution in [3.8, 4) is 5.75 Å². The third-order valence-electron chi connectivity index (χ3n) is 4.17. The Kier molecular flexibility index (Phi) is 4.50. The number of aromatic hydroxyl groups is 1. The number of nitro groups is 1. The van der Waals surface area contributed by atoms with Crippen molar-refractivity contribution in [2.45, 2.75) is 0 Å². The minimum atomic E-state index is -0.571. The van der Waals surface area contributed by atoms with Gasteiger partial charge in [0.1, 0.15) is 22.8 Å². The van der Waals surface area contributed by atoms with E-state index in [0.29, 0.717) is 10.2 Å². The molecule has 3 aromatic carbocycles. The number of nitrogen functional groups attached to an aromatic ring is 1. The zero-order valence-electron chi connectivity index (χ0n) is 15.2. The molecule has 138 valence electrons. The van der Waals surface area contributed by atoms with Crippen LogP contribution >= 0.6 is 0 Å². The van der Waals surface area contributed by atoms with Crippen LogP contribution in [0.2, 0.25) is 0 Å². The van der Waals surface area contributed by atoms with Gasteiger partial charge in [0.2, 0.25) is 0 Å². The van der Waals surface area contributed by atoms with Crippen LogP contribution < -0.4 is 10.2 Å². The number of phenolic OH excluding ortho intramolecular Hbond substituents is 1. The molecule has 0 bridgehead atoms. The summed E-state index contributed by atoms with van der Waals surface area (Å²) in [5, 5.41) is 31.4. The summed E-state index contributed by atoms with van der Waals surface area (Å²) in [7, 11) is 6.05. The number of fused-ring (bicyclic) bond motifs is 1. The van der Waals surface area contributed by atoms with Crippen LogP contribution in [0.3, 0.4) is 0 Å². The van der Waals surface area contributed by atoms with Gasteiger partial charge in [0.15, 0.2) is 0 Å². The van der Waals surface area contributed by atoms with Gasteiger partial charge in [-0.05, 0) is 29.7 Å². The topological polar surface area (TPSA) is 114 Å². The summed E-state index contributed by atoms with van der Waals surface area (Å²) in [6.45, 7) is 0. The summed E-state index contributed by atoms with van der Waals surface area (Å²) in [5.74, 6) is -0.0166. The Morgan fingerprint density at radius 2 is 1.81 bits per heavy atom. The molecule has 0 aliphatic heterocycles. The molecule has 8 heteroatoms. The second kappa shape index (κ2) is 6.65. The van der Waals surface area contributed by atoms with E-state index in [9.17, 15) is 15.2 Å². The van der Waals surface area contributed by atoms with Crippen LogP contribution in [0.4, 0.5) is 28.4 Å². The standard InChI is InChI=1S/C19H19N5O3/c1-24(2,3)16-6-4-5-12-7-10-17(25)19(18(12)16)22-21-13-8-9-14(20)15(11-13)23(26)27/h4-11H,1-3H3,(H2-,20,21,22,25)/p+1. The smallest absolute Gasteiger partial charge is 0.294 e. The monoisotopic (exact) mass is 366 g/mol. The molecule has 0 saturated heterocycles. The van der Waals surface area contributed by atoms with Crippen LogP contribution in [0.25, 0.3) is 10.8 Å². The zero-order chi connectivity index (χ0) is 19.8. The van der Waals surface area contributed by atoms with Gasteiger partial charge in [-0.1, -0.05) is 18.2 Å². The van der Waals surface area contributed by atoms with Gasteiger partial charge < -0.3 is 10.8 Å². The molecule has 3 aromatic rings. The van der Waals surface area contributed by atoms with E-state index in [4.69, 9.17) is 5.73 Å². The molecule has 0 fully saturated rings. The lowest BCUT2D eigenvalue weighted by Gasteiger charge is -2.25. The first-order chi connectivity index (χ1) is 12.7. The minimum absolute atomic E-state index is 0.0166. The van der Waals surface area contributed by atoms with Crippen molar-refractivity contribution in [3.05, 3.63) is 58.6 Å². The largest absolute Gasteiger partial charge is 0.506 e. The highest BCUT2D eigenvalue weighted by Crippen LogP contribution is 2.42. The average molecular weight is 366 g/mol. The van der Waals surface area contributed by atoms with Gasteiger partial charge in [-0.25, -0.2) is 0 Å². The normalized spacial score (nSPS) is 12.0. The van der Waals surface area contributed by atoms with Gasteiger partial charge in [0, 0.05) is 6.07 Å². The SMILES string of the molecule is C[N+](C)(C)c1cccc2ccc(O)c(N=Nc3ccc(N)c([N+](=O)[O-])c3)c12. The molecule has 0 saturated carbocycles. The summed E-state index contributed by atoms with van der Waals surface area (Å²) in [6.07, 6.45) is 0. The highest BCUT2D eigenvalue weighted by molar-refractivity contribution is 6.03. The number of nitrogens with two attached hydrogens (primary N) is 1. The van der Waals surface area contributed by atoms with Gasteiger partial charge >= 0.3 is 0 Å². The van der Waals surface area contributed by atoms with Gasteiger partial charge in [-0.3, -0.25) is 14.6 Å². The van der Waals surface area contributed by atoms with Crippen LogP contribution in [-0.2, 0) is 0 Å². The number of nitro benzene ring substituents is 1. The van der Waals surface area contributed by atoms with Crippen molar-refractivity contribution < 1.29 is 10.0 Å². The molecule has 8 nitrogen and oxygen atoms in total. The Hall–Kier alpha value is -3.52. The van der Waals surface area contributed by atoms with E-state index in [0.717, 1.165) is 16.5 Å². The number of anilines is 1. The summed E-state index contributed by atoms with van der Waals surface area (Å²) in [4.78, 5) is 10.5. The third kappa shape index (κ3) is 3.56. The van der Waals surface area contributed by atoms with E-state index in [1.165, 1.54) is 18.2 Å². The highest BCUT2D eigenvalue weighted by Gasteiger charge is 2.20.